The zero-order valence-electron chi connectivity index (χ0n) is 14.4. The van der Waals surface area contributed by atoms with Crippen molar-refractivity contribution in [1.82, 2.24) is 20.5 Å². The van der Waals surface area contributed by atoms with E-state index in [1.807, 2.05) is 41.3 Å². The molecule has 2 aromatic heterocycles. The molecule has 3 aromatic rings. The Labute approximate surface area is 147 Å². The molecule has 0 spiro atoms. The number of nitrogens with zero attached hydrogens (tertiary/aromatic N) is 3. The van der Waals surface area contributed by atoms with Crippen molar-refractivity contribution in [3.05, 3.63) is 42.6 Å². The van der Waals surface area contributed by atoms with Gasteiger partial charge in [-0.2, -0.15) is 5.10 Å². The first-order valence-corrected chi connectivity index (χ1v) is 8.62. The van der Waals surface area contributed by atoms with Crippen molar-refractivity contribution in [3.63, 3.8) is 0 Å². The summed E-state index contributed by atoms with van der Waals surface area (Å²) in [5.41, 5.74) is 2.90. The number of anilines is 1. The van der Waals surface area contributed by atoms with Gasteiger partial charge in [0, 0.05) is 23.7 Å². The summed E-state index contributed by atoms with van der Waals surface area (Å²) >= 11 is 0. The first-order chi connectivity index (χ1) is 12.3. The van der Waals surface area contributed by atoms with Gasteiger partial charge in [-0.15, -0.1) is 0 Å². The summed E-state index contributed by atoms with van der Waals surface area (Å²) in [5, 5.41) is 11.9. The van der Waals surface area contributed by atoms with Gasteiger partial charge in [-0.05, 0) is 37.7 Å². The van der Waals surface area contributed by atoms with E-state index in [-0.39, 0.29) is 0 Å². The van der Waals surface area contributed by atoms with Crippen LogP contribution in [0.5, 0.6) is 0 Å². The second-order valence-electron chi connectivity index (χ2n) is 5.84. The third kappa shape index (κ3) is 4.03. The molecule has 0 radical (unpaired) electrons. The van der Waals surface area contributed by atoms with Crippen molar-refractivity contribution in [2.75, 3.05) is 31.1 Å². The first-order valence-electron chi connectivity index (χ1n) is 8.62. The highest BCUT2D eigenvalue weighted by Crippen LogP contribution is 2.27. The summed E-state index contributed by atoms with van der Waals surface area (Å²) in [6.07, 6.45) is 3.65. The quantitative estimate of drug-likeness (QED) is 0.464. The van der Waals surface area contributed by atoms with Crippen LogP contribution >= 0.6 is 0 Å². The molecular weight excluding hydrogens is 314 g/mol. The zero-order chi connectivity index (χ0) is 17.5. The summed E-state index contributed by atoms with van der Waals surface area (Å²) in [4.78, 5) is 17.5. The van der Waals surface area contributed by atoms with Crippen LogP contribution < -0.4 is 10.2 Å². The molecule has 6 heteroatoms. The number of pyridine rings is 1. The van der Waals surface area contributed by atoms with Crippen molar-refractivity contribution in [3.8, 4) is 11.3 Å². The molecule has 2 N–H and O–H groups in total. The molecule has 0 saturated heterocycles. The van der Waals surface area contributed by atoms with Crippen molar-refractivity contribution in [1.29, 1.82) is 0 Å². The van der Waals surface area contributed by atoms with Gasteiger partial charge in [-0.25, -0.2) is 4.98 Å². The highest BCUT2D eigenvalue weighted by Gasteiger charge is 2.12. The number of rotatable bonds is 9. The van der Waals surface area contributed by atoms with Crippen LogP contribution in [-0.4, -0.2) is 47.6 Å². The van der Waals surface area contributed by atoms with E-state index < -0.39 is 0 Å². The van der Waals surface area contributed by atoms with E-state index >= 15 is 0 Å². The van der Waals surface area contributed by atoms with E-state index in [0.29, 0.717) is 6.54 Å². The van der Waals surface area contributed by atoms with Crippen molar-refractivity contribution in [2.24, 2.45) is 0 Å². The van der Waals surface area contributed by atoms with Crippen LogP contribution in [0.25, 0.3) is 22.2 Å². The molecule has 2 heterocycles. The van der Waals surface area contributed by atoms with E-state index in [1.54, 1.807) is 6.20 Å². The fourth-order valence-corrected chi connectivity index (χ4v) is 2.88. The average Bonchev–Trinajstić information content (AvgIpc) is 3.08. The molecule has 0 atom stereocenters. The van der Waals surface area contributed by atoms with Gasteiger partial charge in [0.2, 0.25) is 0 Å². The summed E-state index contributed by atoms with van der Waals surface area (Å²) in [6, 6.07) is 12.0. The predicted octanol–water partition coefficient (Wildman–Crippen LogP) is 2.63. The van der Waals surface area contributed by atoms with E-state index in [4.69, 9.17) is 0 Å². The molecule has 0 unspecified atom stereocenters. The van der Waals surface area contributed by atoms with Gasteiger partial charge in [0.05, 0.1) is 12.1 Å². The molecule has 0 amide bonds. The average molecular weight is 337 g/mol. The second kappa shape index (κ2) is 8.39. The minimum absolute atomic E-state index is 0.337. The molecule has 0 saturated carbocycles. The fraction of sp³-hybridized carbons (Fsp3) is 0.316. The number of benzene rings is 1. The van der Waals surface area contributed by atoms with Crippen molar-refractivity contribution < 1.29 is 4.79 Å². The molecule has 0 aliphatic rings. The van der Waals surface area contributed by atoms with E-state index in [0.717, 1.165) is 60.3 Å². The molecule has 0 fully saturated rings. The maximum atomic E-state index is 11.1. The number of nitrogens with one attached hydrogen (secondary N) is 2. The van der Waals surface area contributed by atoms with Crippen molar-refractivity contribution in [2.45, 2.75) is 13.3 Å². The number of hydrogen-bond acceptors (Lipinski definition) is 5. The lowest BCUT2D eigenvalue weighted by Gasteiger charge is -2.21. The molecule has 6 nitrogen and oxygen atoms in total. The number of para-hydroxylation sites is 1. The third-order valence-corrected chi connectivity index (χ3v) is 4.14. The number of hydrogen-bond donors (Lipinski definition) is 2. The van der Waals surface area contributed by atoms with Crippen LogP contribution in [0.4, 0.5) is 5.82 Å². The van der Waals surface area contributed by atoms with E-state index in [1.165, 1.54) is 0 Å². The summed E-state index contributed by atoms with van der Waals surface area (Å²) in [5.74, 6) is 0.799. The van der Waals surface area contributed by atoms with Gasteiger partial charge in [-0.3, -0.25) is 5.10 Å². The number of aromatic nitrogens is 3. The second-order valence-corrected chi connectivity index (χ2v) is 5.84. The SMILES string of the molecule is CCNCCCN(CC=O)c1cc(-c2n[nH]c3ccccc23)ccn1. The molecule has 3 rings (SSSR count). The Morgan fingerprint density at radius 2 is 2.16 bits per heavy atom. The summed E-state index contributed by atoms with van der Waals surface area (Å²) in [7, 11) is 0. The van der Waals surface area contributed by atoms with Gasteiger partial charge in [0.1, 0.15) is 17.8 Å². The highest BCUT2D eigenvalue weighted by atomic mass is 16.1. The normalized spacial score (nSPS) is 10.9. The molecule has 0 aliphatic heterocycles. The number of fused-ring (bicyclic) bond motifs is 1. The fourth-order valence-electron chi connectivity index (χ4n) is 2.88. The third-order valence-electron chi connectivity index (χ3n) is 4.14. The molecule has 130 valence electrons. The highest BCUT2D eigenvalue weighted by molar-refractivity contribution is 5.93. The molecule has 25 heavy (non-hydrogen) atoms. The largest absolute Gasteiger partial charge is 0.350 e. The van der Waals surface area contributed by atoms with Gasteiger partial charge in [0.25, 0.3) is 0 Å². The van der Waals surface area contributed by atoms with Crippen LogP contribution in [0.3, 0.4) is 0 Å². The van der Waals surface area contributed by atoms with Crippen LogP contribution in [0.1, 0.15) is 13.3 Å². The number of H-pyrrole nitrogens is 1. The Morgan fingerprint density at radius 3 is 3.00 bits per heavy atom. The number of aldehydes is 1. The molecular formula is C19H23N5O. The van der Waals surface area contributed by atoms with E-state index in [9.17, 15) is 4.79 Å². The Hall–Kier alpha value is -2.73. The maximum absolute atomic E-state index is 11.1. The number of carbonyl (C=O) groups excluding carboxylic acids is 1. The molecule has 1 aromatic carbocycles. The topological polar surface area (TPSA) is 73.9 Å². The van der Waals surface area contributed by atoms with Gasteiger partial charge < -0.3 is 15.0 Å². The van der Waals surface area contributed by atoms with Crippen LogP contribution in [0.15, 0.2) is 42.6 Å². The standard InChI is InChI=1S/C19H23N5O/c1-2-20-9-5-11-24(12-13-25)18-14-15(8-10-21-18)19-16-6-3-4-7-17(16)22-23-19/h3-4,6-8,10,13-14,20H,2,5,9,11-12H2,1H3,(H,22,23). The van der Waals surface area contributed by atoms with Crippen LogP contribution in [0.2, 0.25) is 0 Å². The smallest absolute Gasteiger partial charge is 0.139 e. The summed E-state index contributed by atoms with van der Waals surface area (Å²) < 4.78 is 0. The van der Waals surface area contributed by atoms with Gasteiger partial charge >= 0.3 is 0 Å². The van der Waals surface area contributed by atoms with Crippen LogP contribution in [-0.2, 0) is 4.79 Å². The Kier molecular flexibility index (Phi) is 5.74. The Bertz CT molecular complexity index is 829. The zero-order valence-corrected chi connectivity index (χ0v) is 14.4. The Balaban J connectivity index is 1.85. The monoisotopic (exact) mass is 337 g/mol. The predicted molar refractivity (Wildman–Crippen MR) is 101 cm³/mol. The van der Waals surface area contributed by atoms with Crippen molar-refractivity contribution >= 4 is 23.0 Å². The van der Waals surface area contributed by atoms with E-state index in [2.05, 4.69) is 27.4 Å². The maximum Gasteiger partial charge on any atom is 0.139 e. The van der Waals surface area contributed by atoms with Gasteiger partial charge in [-0.1, -0.05) is 25.1 Å². The minimum Gasteiger partial charge on any atom is -0.350 e. The lowest BCUT2D eigenvalue weighted by molar-refractivity contribution is -0.106. The number of aromatic amines is 1. The lowest BCUT2D eigenvalue weighted by Crippen LogP contribution is -2.29. The minimum atomic E-state index is 0.337. The number of carbonyl (C=O) groups is 1. The van der Waals surface area contributed by atoms with Gasteiger partial charge in [0.15, 0.2) is 0 Å². The lowest BCUT2D eigenvalue weighted by atomic mass is 10.1. The molecule has 0 bridgehead atoms. The summed E-state index contributed by atoms with van der Waals surface area (Å²) in [6.45, 7) is 5.08. The first kappa shape index (κ1) is 17.1. The van der Waals surface area contributed by atoms with Crippen LogP contribution in [0, 0.1) is 0 Å². The molecule has 0 aliphatic carbocycles. The Morgan fingerprint density at radius 1 is 1.28 bits per heavy atom.